The van der Waals surface area contributed by atoms with E-state index in [0.29, 0.717) is 6.04 Å². The topological polar surface area (TPSA) is 3.24 Å². The van der Waals surface area contributed by atoms with Gasteiger partial charge in [-0.05, 0) is 55.3 Å². The predicted molar refractivity (Wildman–Crippen MR) is 85.0 cm³/mol. The van der Waals surface area contributed by atoms with Gasteiger partial charge in [-0.2, -0.15) is 0 Å². The van der Waals surface area contributed by atoms with E-state index in [9.17, 15) is 0 Å². The normalized spacial score (nSPS) is 17.9. The lowest BCUT2D eigenvalue weighted by Crippen LogP contribution is -2.32. The molecule has 19 heavy (non-hydrogen) atoms. The zero-order valence-corrected chi connectivity index (χ0v) is 12.3. The zero-order valence-electron chi connectivity index (χ0n) is 11.5. The van der Waals surface area contributed by atoms with E-state index in [1.54, 1.807) is 0 Å². The van der Waals surface area contributed by atoms with Gasteiger partial charge in [-0.1, -0.05) is 42.8 Å². The van der Waals surface area contributed by atoms with Crippen molar-refractivity contribution in [3.8, 4) is 0 Å². The highest BCUT2D eigenvalue weighted by Crippen LogP contribution is 2.26. The monoisotopic (exact) mass is 275 g/mol. The molecular weight excluding hydrogens is 254 g/mol. The van der Waals surface area contributed by atoms with Gasteiger partial charge in [-0.15, -0.1) is 12.4 Å². The molecule has 1 atom stereocenters. The van der Waals surface area contributed by atoms with E-state index in [2.05, 4.69) is 54.3 Å². The molecule has 1 fully saturated rings. The van der Waals surface area contributed by atoms with Gasteiger partial charge in [-0.3, -0.25) is 4.90 Å². The largest absolute Gasteiger partial charge is 0.297 e. The minimum Gasteiger partial charge on any atom is -0.297 e. The minimum atomic E-state index is 0. The highest BCUT2D eigenvalue weighted by atomic mass is 35.5. The summed E-state index contributed by atoms with van der Waals surface area (Å²) in [7, 11) is 0. The summed E-state index contributed by atoms with van der Waals surface area (Å²) in [6.45, 7) is 4.86. The van der Waals surface area contributed by atoms with Crippen LogP contribution in [0.2, 0.25) is 0 Å². The fourth-order valence-electron chi connectivity index (χ4n) is 2.98. The number of piperidine rings is 1. The van der Waals surface area contributed by atoms with Crippen LogP contribution in [0.15, 0.2) is 42.5 Å². The first-order valence-corrected chi connectivity index (χ1v) is 7.07. The molecule has 0 amide bonds. The highest BCUT2D eigenvalue weighted by Gasteiger charge is 2.17. The van der Waals surface area contributed by atoms with Crippen LogP contribution >= 0.6 is 12.4 Å². The van der Waals surface area contributed by atoms with Gasteiger partial charge in [-0.25, -0.2) is 0 Å². The van der Waals surface area contributed by atoms with Gasteiger partial charge in [0.05, 0.1) is 0 Å². The number of rotatable bonds is 2. The van der Waals surface area contributed by atoms with Crippen LogP contribution in [0, 0.1) is 0 Å². The standard InChI is InChI=1S/C17H21N.ClH/c1-14(18-11-5-2-6-12-18)16-10-9-15-7-3-4-8-17(15)13-16;/h3-4,7-10,13-14H,2,5-6,11-12H2,1H3;1H. The Kier molecular flexibility index (Phi) is 4.84. The number of fused-ring (bicyclic) bond motifs is 1. The number of hydrogen-bond donors (Lipinski definition) is 0. The fraction of sp³-hybridized carbons (Fsp3) is 0.412. The summed E-state index contributed by atoms with van der Waals surface area (Å²) in [6.07, 6.45) is 4.12. The van der Waals surface area contributed by atoms with Crippen molar-refractivity contribution in [1.29, 1.82) is 0 Å². The average Bonchev–Trinajstić information content (AvgIpc) is 2.47. The third-order valence-electron chi connectivity index (χ3n) is 4.19. The maximum atomic E-state index is 2.62. The minimum absolute atomic E-state index is 0. The molecular formula is C17H22ClN. The summed E-state index contributed by atoms with van der Waals surface area (Å²) in [5, 5.41) is 2.70. The molecule has 1 saturated heterocycles. The first-order valence-electron chi connectivity index (χ1n) is 7.07. The van der Waals surface area contributed by atoms with Crippen molar-refractivity contribution in [2.24, 2.45) is 0 Å². The van der Waals surface area contributed by atoms with Crippen LogP contribution in [-0.4, -0.2) is 18.0 Å². The second-order valence-electron chi connectivity index (χ2n) is 5.38. The van der Waals surface area contributed by atoms with Crippen LogP contribution in [0.25, 0.3) is 10.8 Å². The van der Waals surface area contributed by atoms with Gasteiger partial charge < -0.3 is 0 Å². The molecule has 0 aliphatic carbocycles. The molecule has 1 nitrogen and oxygen atoms in total. The lowest BCUT2D eigenvalue weighted by atomic mass is 10.00. The van der Waals surface area contributed by atoms with Crippen LogP contribution in [0.3, 0.4) is 0 Å². The smallest absolute Gasteiger partial charge is 0.0320 e. The van der Waals surface area contributed by atoms with E-state index in [1.165, 1.54) is 48.7 Å². The Morgan fingerprint density at radius 2 is 1.58 bits per heavy atom. The first-order chi connectivity index (χ1) is 8.84. The van der Waals surface area contributed by atoms with Crippen molar-refractivity contribution in [1.82, 2.24) is 4.90 Å². The molecule has 0 aromatic heterocycles. The van der Waals surface area contributed by atoms with Gasteiger partial charge in [0.15, 0.2) is 0 Å². The molecule has 1 aliphatic heterocycles. The quantitative estimate of drug-likeness (QED) is 0.760. The summed E-state index contributed by atoms with van der Waals surface area (Å²) in [4.78, 5) is 2.62. The van der Waals surface area contributed by atoms with Crippen LogP contribution in [0.5, 0.6) is 0 Å². The van der Waals surface area contributed by atoms with E-state index in [1.807, 2.05) is 0 Å². The first kappa shape index (κ1) is 14.4. The Hall–Kier alpha value is -1.05. The Balaban J connectivity index is 0.00000133. The molecule has 0 saturated carbocycles. The Morgan fingerprint density at radius 1 is 0.895 bits per heavy atom. The van der Waals surface area contributed by atoms with Gasteiger partial charge in [0.2, 0.25) is 0 Å². The van der Waals surface area contributed by atoms with E-state index in [0.717, 1.165) is 0 Å². The molecule has 0 spiro atoms. The predicted octanol–water partition coefficient (Wildman–Crippen LogP) is 4.81. The van der Waals surface area contributed by atoms with Crippen molar-refractivity contribution < 1.29 is 0 Å². The molecule has 102 valence electrons. The Labute approximate surface area is 122 Å². The molecule has 3 rings (SSSR count). The van der Waals surface area contributed by atoms with Gasteiger partial charge in [0, 0.05) is 6.04 Å². The number of halogens is 1. The number of nitrogens with zero attached hydrogens (tertiary/aromatic N) is 1. The molecule has 2 aromatic carbocycles. The summed E-state index contributed by atoms with van der Waals surface area (Å²) in [6, 6.07) is 16.1. The van der Waals surface area contributed by atoms with Crippen LogP contribution in [0.1, 0.15) is 37.8 Å². The molecule has 1 aliphatic rings. The molecule has 1 heterocycles. The van der Waals surface area contributed by atoms with E-state index in [4.69, 9.17) is 0 Å². The molecule has 0 N–H and O–H groups in total. The third kappa shape index (κ3) is 3.10. The molecule has 2 heteroatoms. The van der Waals surface area contributed by atoms with Gasteiger partial charge in [0.1, 0.15) is 0 Å². The maximum absolute atomic E-state index is 2.62. The lowest BCUT2D eigenvalue weighted by Gasteiger charge is -2.32. The number of likely N-dealkylation sites (tertiary alicyclic amines) is 1. The number of benzene rings is 2. The van der Waals surface area contributed by atoms with Gasteiger partial charge in [0.25, 0.3) is 0 Å². The Morgan fingerprint density at radius 3 is 2.32 bits per heavy atom. The second kappa shape index (κ2) is 6.40. The molecule has 2 aromatic rings. The highest BCUT2D eigenvalue weighted by molar-refractivity contribution is 5.85. The molecule has 0 bridgehead atoms. The second-order valence-corrected chi connectivity index (χ2v) is 5.38. The summed E-state index contributed by atoms with van der Waals surface area (Å²) >= 11 is 0. The van der Waals surface area contributed by atoms with Crippen molar-refractivity contribution in [3.05, 3.63) is 48.0 Å². The van der Waals surface area contributed by atoms with Crippen molar-refractivity contribution in [2.45, 2.75) is 32.2 Å². The van der Waals surface area contributed by atoms with Crippen molar-refractivity contribution in [2.75, 3.05) is 13.1 Å². The van der Waals surface area contributed by atoms with E-state index in [-0.39, 0.29) is 12.4 Å². The third-order valence-corrected chi connectivity index (χ3v) is 4.19. The van der Waals surface area contributed by atoms with Crippen molar-refractivity contribution >= 4 is 23.2 Å². The van der Waals surface area contributed by atoms with E-state index < -0.39 is 0 Å². The van der Waals surface area contributed by atoms with Crippen LogP contribution < -0.4 is 0 Å². The zero-order chi connectivity index (χ0) is 12.4. The molecule has 0 radical (unpaired) electrons. The Bertz CT molecular complexity index is 532. The van der Waals surface area contributed by atoms with Crippen molar-refractivity contribution in [3.63, 3.8) is 0 Å². The SMILES string of the molecule is CC(c1ccc2ccccc2c1)N1CCCCC1.Cl. The lowest BCUT2D eigenvalue weighted by molar-refractivity contribution is 0.175. The molecule has 1 unspecified atom stereocenters. The maximum Gasteiger partial charge on any atom is 0.0320 e. The summed E-state index contributed by atoms with van der Waals surface area (Å²) < 4.78 is 0. The summed E-state index contributed by atoms with van der Waals surface area (Å²) in [5.41, 5.74) is 1.45. The number of hydrogen-bond acceptors (Lipinski definition) is 1. The fourth-order valence-corrected chi connectivity index (χ4v) is 2.98. The van der Waals surface area contributed by atoms with E-state index >= 15 is 0 Å². The van der Waals surface area contributed by atoms with Gasteiger partial charge >= 0.3 is 0 Å². The van der Waals surface area contributed by atoms with Crippen LogP contribution in [0.4, 0.5) is 0 Å². The average molecular weight is 276 g/mol. The summed E-state index contributed by atoms with van der Waals surface area (Å²) in [5.74, 6) is 0. The van der Waals surface area contributed by atoms with Crippen LogP contribution in [-0.2, 0) is 0 Å².